The lowest BCUT2D eigenvalue weighted by molar-refractivity contribution is -0.242. The standard InChI is InChI=1S/C39H74O11P2.2H3N/c1-3-5-7-9-11-13-15-17-19-21-23-25-27-29-31-33-38(40)47-35-37(36-48-52(45,46)50-51(42,43)44)49-39(41)34-32-30-28-26-24-22-20-18-16-14-12-10-8-6-4-2;;/h17-20,37H,3-16,21-36H2,1-2H3,(H,45,46)(H2,42,43,44);2*1H3/b19-17-,20-18-;;/t37-;;/m1../s1. The Morgan fingerprint density at radius 2 is 0.907 bits per heavy atom. The highest BCUT2D eigenvalue weighted by Crippen LogP contribution is 2.52. The number of hydrogen-bond donors (Lipinski definition) is 3. The highest BCUT2D eigenvalue weighted by molar-refractivity contribution is 7.59. The molecule has 0 saturated carbocycles. The molecule has 0 heterocycles. The van der Waals surface area contributed by atoms with Gasteiger partial charge in [0.05, 0.1) is 6.61 Å². The number of quaternary nitrogens is 2. The minimum Gasteiger partial charge on any atom is -0.756 e. The van der Waals surface area contributed by atoms with Crippen molar-refractivity contribution in [1.82, 2.24) is 12.3 Å². The number of allylic oxidation sites excluding steroid dienone is 4. The first kappa shape index (κ1) is 56.9. The summed E-state index contributed by atoms with van der Waals surface area (Å²) in [5.74, 6) is -1.16. The van der Waals surface area contributed by atoms with Crippen LogP contribution in [0.2, 0.25) is 0 Å². The summed E-state index contributed by atoms with van der Waals surface area (Å²) in [5, 5.41) is 0. The van der Waals surface area contributed by atoms with Gasteiger partial charge in [0, 0.05) is 12.8 Å². The molecule has 0 fully saturated rings. The fourth-order valence-corrected chi connectivity index (χ4v) is 7.17. The molecule has 322 valence electrons. The van der Waals surface area contributed by atoms with Crippen LogP contribution < -0.4 is 22.1 Å². The van der Waals surface area contributed by atoms with E-state index in [0.717, 1.165) is 77.0 Å². The Hall–Kier alpha value is -1.40. The summed E-state index contributed by atoms with van der Waals surface area (Å²) in [6.45, 7) is 3.13. The van der Waals surface area contributed by atoms with Gasteiger partial charge in [-0.3, -0.25) is 18.7 Å². The second-order valence-corrected chi connectivity index (χ2v) is 16.5. The minimum atomic E-state index is -5.63. The van der Waals surface area contributed by atoms with Crippen molar-refractivity contribution in [2.24, 2.45) is 0 Å². The molecule has 54 heavy (non-hydrogen) atoms. The molecule has 0 bridgehead atoms. The Labute approximate surface area is 328 Å². The number of phosphoric acid groups is 2. The molecule has 3 atom stereocenters. The number of carbonyl (C=O) groups excluding carboxylic acids is 2. The number of phosphoric ester groups is 1. The van der Waals surface area contributed by atoms with Crippen molar-refractivity contribution in [2.75, 3.05) is 13.2 Å². The minimum absolute atomic E-state index is 0. The van der Waals surface area contributed by atoms with Gasteiger partial charge in [0.15, 0.2) is 6.10 Å². The average Bonchev–Trinajstić information content (AvgIpc) is 3.08. The van der Waals surface area contributed by atoms with E-state index in [9.17, 15) is 28.5 Å². The van der Waals surface area contributed by atoms with Crippen LogP contribution >= 0.6 is 15.6 Å². The Kier molecular flexibility index (Phi) is 42.0. The van der Waals surface area contributed by atoms with Crippen LogP contribution in [0.25, 0.3) is 0 Å². The molecular formula is C39H80N2O11P2. The third-order valence-corrected chi connectivity index (χ3v) is 10.7. The molecule has 0 aromatic rings. The summed E-state index contributed by atoms with van der Waals surface area (Å²) in [6, 6.07) is 0. The maximum absolute atomic E-state index is 12.5. The van der Waals surface area contributed by atoms with Crippen molar-refractivity contribution in [2.45, 2.75) is 200 Å². The molecule has 0 aliphatic rings. The molecule has 15 heteroatoms. The first-order valence-electron chi connectivity index (χ1n) is 20.3. The van der Waals surface area contributed by atoms with Crippen molar-refractivity contribution >= 4 is 27.6 Å². The predicted octanol–water partition coefficient (Wildman–Crippen LogP) is 11.2. The van der Waals surface area contributed by atoms with Gasteiger partial charge in [-0.25, -0.2) is 4.31 Å². The van der Waals surface area contributed by atoms with Crippen LogP contribution in [-0.2, 0) is 37.0 Å². The molecule has 2 unspecified atom stereocenters. The lowest BCUT2D eigenvalue weighted by Crippen LogP contribution is -2.30. The molecule has 9 N–H and O–H groups in total. The van der Waals surface area contributed by atoms with Crippen LogP contribution in [-0.4, -0.2) is 36.1 Å². The normalized spacial score (nSPS) is 14.2. The molecule has 0 rings (SSSR count). The molecule has 0 aromatic carbocycles. The summed E-state index contributed by atoms with van der Waals surface area (Å²) in [6.07, 6.45) is 37.1. The van der Waals surface area contributed by atoms with E-state index in [1.54, 1.807) is 0 Å². The van der Waals surface area contributed by atoms with E-state index in [2.05, 4.69) is 47.0 Å². The predicted molar refractivity (Wildman–Crippen MR) is 216 cm³/mol. The molecule has 0 aliphatic heterocycles. The Morgan fingerprint density at radius 1 is 0.556 bits per heavy atom. The number of unbranched alkanes of at least 4 members (excludes halogenated alkanes) is 22. The second kappa shape index (κ2) is 39.8. The van der Waals surface area contributed by atoms with E-state index in [-0.39, 0.29) is 25.1 Å². The van der Waals surface area contributed by atoms with Crippen molar-refractivity contribution in [3.8, 4) is 0 Å². The zero-order valence-electron chi connectivity index (χ0n) is 34.5. The van der Waals surface area contributed by atoms with Crippen LogP contribution in [0.1, 0.15) is 194 Å². The lowest BCUT2D eigenvalue weighted by Gasteiger charge is -2.28. The van der Waals surface area contributed by atoms with Gasteiger partial charge in [0.25, 0.3) is 15.6 Å². The van der Waals surface area contributed by atoms with Crippen LogP contribution in [0, 0.1) is 0 Å². The number of esters is 2. The fourth-order valence-electron chi connectivity index (χ4n) is 5.62. The third-order valence-electron chi connectivity index (χ3n) is 8.64. The Balaban J connectivity index is -0.0000130. The molecule has 0 radical (unpaired) electrons. The van der Waals surface area contributed by atoms with E-state index in [4.69, 9.17) is 14.4 Å². The number of rotatable bonds is 38. The molecule has 0 saturated heterocycles. The van der Waals surface area contributed by atoms with Crippen molar-refractivity contribution in [3.05, 3.63) is 24.3 Å². The van der Waals surface area contributed by atoms with E-state index >= 15 is 0 Å². The Bertz CT molecular complexity index is 1020. The van der Waals surface area contributed by atoms with Crippen LogP contribution in [0.5, 0.6) is 0 Å². The van der Waals surface area contributed by atoms with Crippen molar-refractivity contribution in [3.63, 3.8) is 0 Å². The highest BCUT2D eigenvalue weighted by Gasteiger charge is 2.23. The van der Waals surface area contributed by atoms with E-state index in [1.165, 1.54) is 77.0 Å². The summed E-state index contributed by atoms with van der Waals surface area (Å²) in [5.41, 5.74) is 0. The Morgan fingerprint density at radius 3 is 1.30 bits per heavy atom. The van der Waals surface area contributed by atoms with Gasteiger partial charge in [-0.2, -0.15) is 0 Å². The van der Waals surface area contributed by atoms with Gasteiger partial charge in [-0.05, 0) is 64.2 Å². The van der Waals surface area contributed by atoms with E-state index in [1.807, 2.05) is 0 Å². The maximum Gasteiger partial charge on any atom is 0.306 e. The van der Waals surface area contributed by atoms with Gasteiger partial charge < -0.3 is 41.0 Å². The smallest absolute Gasteiger partial charge is 0.306 e. The first-order chi connectivity index (χ1) is 25.0. The van der Waals surface area contributed by atoms with Gasteiger partial charge in [-0.15, -0.1) is 0 Å². The zero-order chi connectivity index (χ0) is 38.6. The quantitative estimate of drug-likeness (QED) is 0.0229. The molecule has 0 amide bonds. The van der Waals surface area contributed by atoms with E-state index in [0.29, 0.717) is 12.8 Å². The first-order valence-corrected chi connectivity index (χ1v) is 23.3. The average molecular weight is 815 g/mol. The SMILES string of the molecule is CCCCCCCC/C=C\CCCCCCCC(=O)OC[C@H](COP(=O)([O-])OP(=O)([O-])O)OC(=O)CCCCCCC/C=C\CCCCCCCC.[NH4+].[NH4+]. The molecule has 0 spiro atoms. The van der Waals surface area contributed by atoms with E-state index < -0.39 is 46.9 Å². The summed E-state index contributed by atoms with van der Waals surface area (Å²) in [7, 11) is -11.1. The number of carbonyl (C=O) groups is 2. The summed E-state index contributed by atoms with van der Waals surface area (Å²) >= 11 is 0. The topological polar surface area (TPSA) is 245 Å². The summed E-state index contributed by atoms with van der Waals surface area (Å²) in [4.78, 5) is 56.1. The lowest BCUT2D eigenvalue weighted by atomic mass is 10.1. The van der Waals surface area contributed by atoms with Crippen LogP contribution in [0.4, 0.5) is 0 Å². The molecular weight excluding hydrogens is 734 g/mol. The fraction of sp³-hybridized carbons (Fsp3) is 0.846. The molecule has 0 aromatic heterocycles. The van der Waals surface area contributed by atoms with Crippen molar-refractivity contribution < 1.29 is 51.7 Å². The molecule has 0 aliphatic carbocycles. The number of ether oxygens (including phenoxy) is 2. The van der Waals surface area contributed by atoms with Gasteiger partial charge in [0.1, 0.15) is 6.61 Å². The monoisotopic (exact) mass is 815 g/mol. The van der Waals surface area contributed by atoms with Crippen LogP contribution in [0.3, 0.4) is 0 Å². The highest BCUT2D eigenvalue weighted by atomic mass is 31.3. The molecule has 13 nitrogen and oxygen atoms in total. The van der Waals surface area contributed by atoms with Gasteiger partial charge >= 0.3 is 11.9 Å². The number of hydrogen-bond acceptors (Lipinski definition) is 10. The summed E-state index contributed by atoms with van der Waals surface area (Å²) < 4.78 is 41.2. The maximum atomic E-state index is 12.5. The second-order valence-electron chi connectivity index (χ2n) is 13.8. The van der Waals surface area contributed by atoms with Gasteiger partial charge in [0.2, 0.25) is 0 Å². The van der Waals surface area contributed by atoms with Crippen LogP contribution in [0.15, 0.2) is 24.3 Å². The zero-order valence-corrected chi connectivity index (χ0v) is 36.3. The van der Waals surface area contributed by atoms with Crippen molar-refractivity contribution in [1.29, 1.82) is 0 Å². The third kappa shape index (κ3) is 43.3. The largest absolute Gasteiger partial charge is 0.756 e. The van der Waals surface area contributed by atoms with Gasteiger partial charge in [-0.1, -0.05) is 141 Å².